The van der Waals surface area contributed by atoms with Crippen molar-refractivity contribution in [2.45, 2.75) is 40.0 Å². The van der Waals surface area contributed by atoms with Crippen LogP contribution < -0.4 is 0 Å². The first-order chi connectivity index (χ1) is 12.9. The molecule has 1 saturated heterocycles. The molecule has 0 aromatic carbocycles. The van der Waals surface area contributed by atoms with E-state index in [1.807, 2.05) is 31.0 Å². The zero-order chi connectivity index (χ0) is 19.4. The number of hydrogen-bond donors (Lipinski definition) is 0. The van der Waals surface area contributed by atoms with Gasteiger partial charge in [0.2, 0.25) is 11.8 Å². The van der Waals surface area contributed by atoms with Gasteiger partial charge in [-0.25, -0.2) is 0 Å². The predicted molar refractivity (Wildman–Crippen MR) is 108 cm³/mol. The van der Waals surface area contributed by atoms with Crippen LogP contribution >= 0.6 is 11.3 Å². The van der Waals surface area contributed by atoms with Gasteiger partial charge in [0.1, 0.15) is 0 Å². The highest BCUT2D eigenvalue weighted by molar-refractivity contribution is 7.15. The zero-order valence-corrected chi connectivity index (χ0v) is 17.6. The van der Waals surface area contributed by atoms with Gasteiger partial charge in [0.05, 0.1) is 4.88 Å². The quantitative estimate of drug-likeness (QED) is 0.691. The second-order valence-corrected chi connectivity index (χ2v) is 9.28. The Morgan fingerprint density at radius 2 is 2.22 bits per heavy atom. The van der Waals surface area contributed by atoms with Crippen LogP contribution in [0.5, 0.6) is 0 Å². The average molecular weight is 391 g/mol. The van der Waals surface area contributed by atoms with Crippen LogP contribution in [0.2, 0.25) is 0 Å². The van der Waals surface area contributed by atoms with Gasteiger partial charge in [-0.3, -0.25) is 4.79 Å². The second kappa shape index (κ2) is 8.97. The second-order valence-electron chi connectivity index (χ2n) is 7.99. The third-order valence-electron chi connectivity index (χ3n) is 4.92. The van der Waals surface area contributed by atoms with Crippen LogP contribution in [-0.4, -0.2) is 59.1 Å². The molecule has 1 fully saturated rings. The molecule has 0 bridgehead atoms. The maximum Gasteiger partial charge on any atom is 0.257 e. The number of rotatable bonds is 8. The highest BCUT2D eigenvalue weighted by atomic mass is 32.1. The topological polar surface area (TPSA) is 62.5 Å². The fraction of sp³-hybridized carbons (Fsp3) is 0.650. The summed E-state index contributed by atoms with van der Waals surface area (Å²) in [6, 6.07) is 4.02. The largest absolute Gasteiger partial charge is 0.420 e. The minimum atomic E-state index is 0.143. The third-order valence-corrected chi connectivity index (χ3v) is 5.91. The average Bonchev–Trinajstić information content (AvgIpc) is 3.33. The SMILES string of the molecule is Cc1ccc(-c2nnc(CCC(=O)N(C)C[C@H]3CCN(CC(C)C)C3)o2)s1. The summed E-state index contributed by atoms with van der Waals surface area (Å²) in [5.74, 6) is 2.49. The molecular weight excluding hydrogens is 360 g/mol. The summed E-state index contributed by atoms with van der Waals surface area (Å²) < 4.78 is 5.71. The molecule has 0 aliphatic carbocycles. The van der Waals surface area contributed by atoms with Crippen LogP contribution in [0.15, 0.2) is 16.5 Å². The van der Waals surface area contributed by atoms with Gasteiger partial charge in [-0.05, 0) is 43.9 Å². The van der Waals surface area contributed by atoms with E-state index in [4.69, 9.17) is 4.42 Å². The van der Waals surface area contributed by atoms with E-state index in [0.717, 1.165) is 31.1 Å². The van der Waals surface area contributed by atoms with Crippen LogP contribution in [0, 0.1) is 18.8 Å². The first-order valence-electron chi connectivity index (χ1n) is 9.76. The summed E-state index contributed by atoms with van der Waals surface area (Å²) in [5, 5.41) is 8.19. The molecule has 0 saturated carbocycles. The number of thiophene rings is 1. The Hall–Kier alpha value is -1.73. The molecule has 7 heteroatoms. The van der Waals surface area contributed by atoms with Gasteiger partial charge >= 0.3 is 0 Å². The van der Waals surface area contributed by atoms with Crippen molar-refractivity contribution in [3.8, 4) is 10.8 Å². The van der Waals surface area contributed by atoms with Crippen LogP contribution in [0.1, 0.15) is 37.5 Å². The monoisotopic (exact) mass is 390 g/mol. The lowest BCUT2D eigenvalue weighted by Crippen LogP contribution is -2.33. The lowest BCUT2D eigenvalue weighted by molar-refractivity contribution is -0.130. The Morgan fingerprint density at radius 1 is 1.41 bits per heavy atom. The number of carbonyl (C=O) groups is 1. The number of nitrogens with zero attached hydrogens (tertiary/aromatic N) is 4. The number of aromatic nitrogens is 2. The maximum absolute atomic E-state index is 12.5. The molecule has 6 nitrogen and oxygen atoms in total. The van der Waals surface area contributed by atoms with Crippen molar-refractivity contribution in [3.05, 3.63) is 22.9 Å². The highest BCUT2D eigenvalue weighted by Crippen LogP contribution is 2.26. The van der Waals surface area contributed by atoms with Crippen LogP contribution in [-0.2, 0) is 11.2 Å². The molecular formula is C20H30N4O2S. The fourth-order valence-corrected chi connectivity index (χ4v) is 4.43. The first kappa shape index (κ1) is 20.0. The molecule has 2 aromatic heterocycles. The lowest BCUT2D eigenvalue weighted by atomic mass is 10.1. The summed E-state index contributed by atoms with van der Waals surface area (Å²) in [5.41, 5.74) is 0. The molecule has 0 unspecified atom stereocenters. The minimum absolute atomic E-state index is 0.143. The van der Waals surface area contributed by atoms with Crippen molar-refractivity contribution < 1.29 is 9.21 Å². The Balaban J connectivity index is 1.43. The Morgan fingerprint density at radius 3 is 2.93 bits per heavy atom. The summed E-state index contributed by atoms with van der Waals surface area (Å²) >= 11 is 1.63. The normalized spacial score (nSPS) is 17.7. The van der Waals surface area contributed by atoms with Gasteiger partial charge in [0.25, 0.3) is 5.89 Å². The van der Waals surface area contributed by atoms with E-state index in [-0.39, 0.29) is 5.91 Å². The molecule has 0 radical (unpaired) electrons. The summed E-state index contributed by atoms with van der Waals surface area (Å²) in [6.45, 7) is 10.8. The number of amides is 1. The van der Waals surface area contributed by atoms with Crippen molar-refractivity contribution in [3.63, 3.8) is 0 Å². The summed E-state index contributed by atoms with van der Waals surface area (Å²) in [7, 11) is 1.90. The molecule has 2 aromatic rings. The van der Waals surface area contributed by atoms with Crippen molar-refractivity contribution in [2.75, 3.05) is 33.2 Å². The number of carbonyl (C=O) groups excluding carboxylic acids is 1. The smallest absolute Gasteiger partial charge is 0.257 e. The van der Waals surface area contributed by atoms with Gasteiger partial charge in [-0.2, -0.15) is 0 Å². The van der Waals surface area contributed by atoms with Crippen molar-refractivity contribution in [1.29, 1.82) is 0 Å². The molecule has 0 spiro atoms. The number of likely N-dealkylation sites (tertiary alicyclic amines) is 1. The molecule has 1 atom stereocenters. The highest BCUT2D eigenvalue weighted by Gasteiger charge is 2.25. The van der Waals surface area contributed by atoms with E-state index >= 15 is 0 Å². The van der Waals surface area contributed by atoms with Crippen molar-refractivity contribution in [2.24, 2.45) is 11.8 Å². The van der Waals surface area contributed by atoms with Crippen LogP contribution in [0.25, 0.3) is 10.8 Å². The van der Waals surface area contributed by atoms with E-state index in [2.05, 4.69) is 28.9 Å². The number of hydrogen-bond acceptors (Lipinski definition) is 6. The van der Waals surface area contributed by atoms with Gasteiger partial charge in [0, 0.05) is 44.4 Å². The Kier molecular flexibility index (Phi) is 6.65. The molecule has 1 aliphatic heterocycles. The lowest BCUT2D eigenvalue weighted by Gasteiger charge is -2.22. The van der Waals surface area contributed by atoms with E-state index in [9.17, 15) is 4.79 Å². The molecule has 0 N–H and O–H groups in total. The van der Waals surface area contributed by atoms with Gasteiger partial charge in [-0.1, -0.05) is 13.8 Å². The third kappa shape index (κ3) is 5.62. The van der Waals surface area contributed by atoms with Crippen molar-refractivity contribution in [1.82, 2.24) is 20.0 Å². The molecule has 3 heterocycles. The molecule has 1 amide bonds. The maximum atomic E-state index is 12.5. The molecule has 3 rings (SSSR count). The standard InChI is InChI=1S/C20H30N4O2S/c1-14(2)11-24-10-9-16(13-24)12-23(4)19(25)8-7-18-21-22-20(26-18)17-6-5-15(3)27-17/h5-6,14,16H,7-13H2,1-4H3/t16-/m1/s1. The van der Waals surface area contributed by atoms with E-state index < -0.39 is 0 Å². The summed E-state index contributed by atoms with van der Waals surface area (Å²) in [4.78, 5) is 19.0. The molecule has 1 aliphatic rings. The van der Waals surface area contributed by atoms with E-state index in [1.165, 1.54) is 11.3 Å². The zero-order valence-electron chi connectivity index (χ0n) is 16.8. The first-order valence-corrected chi connectivity index (χ1v) is 10.6. The fourth-order valence-electron chi connectivity index (χ4n) is 3.64. The van der Waals surface area contributed by atoms with E-state index in [0.29, 0.717) is 36.5 Å². The van der Waals surface area contributed by atoms with Gasteiger partial charge in [-0.15, -0.1) is 21.5 Å². The molecule has 27 heavy (non-hydrogen) atoms. The Labute approximate surface area is 165 Å². The van der Waals surface area contributed by atoms with Crippen LogP contribution in [0.4, 0.5) is 0 Å². The van der Waals surface area contributed by atoms with Gasteiger partial charge < -0.3 is 14.2 Å². The Bertz CT molecular complexity index is 755. The molecule has 148 valence electrons. The van der Waals surface area contributed by atoms with E-state index in [1.54, 1.807) is 11.3 Å². The predicted octanol–water partition coefficient (Wildman–Crippen LogP) is 3.48. The van der Waals surface area contributed by atoms with Crippen molar-refractivity contribution >= 4 is 17.2 Å². The van der Waals surface area contributed by atoms with Crippen LogP contribution in [0.3, 0.4) is 0 Å². The summed E-state index contributed by atoms with van der Waals surface area (Å²) in [6.07, 6.45) is 2.08. The number of aryl methyl sites for hydroxylation is 2. The van der Waals surface area contributed by atoms with Gasteiger partial charge in [0.15, 0.2) is 0 Å². The minimum Gasteiger partial charge on any atom is -0.420 e.